The number of aromatic nitrogens is 2. The fourth-order valence-electron chi connectivity index (χ4n) is 4.09. The zero-order valence-electron chi connectivity index (χ0n) is 19.9. The van der Waals surface area contributed by atoms with E-state index in [1.807, 2.05) is 25.1 Å². The van der Waals surface area contributed by atoms with Crippen molar-refractivity contribution in [3.05, 3.63) is 71.8 Å². The summed E-state index contributed by atoms with van der Waals surface area (Å²) < 4.78 is 10.4. The van der Waals surface area contributed by atoms with Gasteiger partial charge in [-0.2, -0.15) is 9.97 Å². The third kappa shape index (κ3) is 5.25. The lowest BCUT2D eigenvalue weighted by Gasteiger charge is -2.40. The van der Waals surface area contributed by atoms with Crippen LogP contribution in [0.1, 0.15) is 28.9 Å². The first-order valence-corrected chi connectivity index (χ1v) is 11.3. The largest absolute Gasteiger partial charge is 0.481 e. The molecule has 2 aromatic carbocycles. The summed E-state index contributed by atoms with van der Waals surface area (Å²) in [5.74, 6) is 0.685. The maximum Gasteiger partial charge on any atom is 0.256 e. The molecule has 3 aromatic rings. The summed E-state index contributed by atoms with van der Waals surface area (Å²) in [5, 5.41) is 10.8. The van der Waals surface area contributed by atoms with Crippen LogP contribution in [0.4, 0.5) is 0 Å². The molecular weight excluding hydrogens is 448 g/mol. The van der Waals surface area contributed by atoms with Gasteiger partial charge < -0.3 is 24.4 Å². The van der Waals surface area contributed by atoms with E-state index in [0.717, 1.165) is 0 Å². The number of nitrogens with zero attached hydrogens (tertiary/aromatic N) is 4. The Morgan fingerprint density at radius 2 is 1.60 bits per heavy atom. The number of piperazine rings is 1. The van der Waals surface area contributed by atoms with Crippen LogP contribution in [0.25, 0.3) is 11.4 Å². The van der Waals surface area contributed by atoms with Crippen LogP contribution in [-0.4, -0.2) is 76.6 Å². The van der Waals surface area contributed by atoms with Crippen LogP contribution in [-0.2, 0) is 4.79 Å². The third-order valence-corrected chi connectivity index (χ3v) is 6.03. The predicted molar refractivity (Wildman–Crippen MR) is 129 cm³/mol. The van der Waals surface area contributed by atoms with Gasteiger partial charge in [0.05, 0.1) is 20.3 Å². The monoisotopic (exact) mass is 476 g/mol. The number of benzene rings is 2. The van der Waals surface area contributed by atoms with E-state index in [2.05, 4.69) is 9.97 Å². The average Bonchev–Trinajstić information content (AvgIpc) is 2.92. The van der Waals surface area contributed by atoms with Gasteiger partial charge in [0.25, 0.3) is 11.8 Å². The summed E-state index contributed by atoms with van der Waals surface area (Å²) >= 11 is 0. The Hall–Kier alpha value is -3.98. The normalized spacial score (nSPS) is 16.5. The second-order valence-electron chi connectivity index (χ2n) is 8.30. The van der Waals surface area contributed by atoms with E-state index in [9.17, 15) is 14.7 Å². The second-order valence-corrected chi connectivity index (χ2v) is 8.30. The number of hydrogen-bond acceptors (Lipinski definition) is 7. The molecule has 1 N–H and O–H groups in total. The molecule has 2 atom stereocenters. The number of carbonyl (C=O) groups is 2. The van der Waals surface area contributed by atoms with E-state index in [-0.39, 0.29) is 11.9 Å². The highest BCUT2D eigenvalue weighted by atomic mass is 16.5. The molecule has 182 valence electrons. The van der Waals surface area contributed by atoms with Gasteiger partial charge in [0, 0.05) is 36.8 Å². The van der Waals surface area contributed by atoms with Crippen LogP contribution >= 0.6 is 0 Å². The molecule has 0 aliphatic carbocycles. The fourth-order valence-corrected chi connectivity index (χ4v) is 4.09. The molecule has 9 heteroatoms. The molecule has 1 saturated heterocycles. The Bertz CT molecular complexity index is 1160. The minimum Gasteiger partial charge on any atom is -0.481 e. The van der Waals surface area contributed by atoms with E-state index >= 15 is 0 Å². The minimum absolute atomic E-state index is 0.0583. The Labute approximate surface area is 203 Å². The van der Waals surface area contributed by atoms with Crippen molar-refractivity contribution in [1.82, 2.24) is 19.8 Å². The van der Waals surface area contributed by atoms with E-state index in [0.29, 0.717) is 53.9 Å². The lowest BCUT2D eigenvalue weighted by Crippen LogP contribution is -2.56. The topological polar surface area (TPSA) is 105 Å². The van der Waals surface area contributed by atoms with E-state index in [4.69, 9.17) is 9.47 Å². The standard InChI is InChI=1S/C26H28N4O5/c1-17-16-29(25(32)20-7-5-4-6-8-20)13-14-30(17)26(33)23(31)18-9-11-19(12-10-18)24-27-21(34-2)15-22(28-24)35-3/h4-12,15,17,23,31H,13-14,16H2,1-3H3/t17-,23?/m1/s1. The quantitative estimate of drug-likeness (QED) is 0.583. The van der Waals surface area contributed by atoms with E-state index in [1.54, 1.807) is 52.3 Å². The van der Waals surface area contributed by atoms with Crippen LogP contribution in [0.5, 0.6) is 11.8 Å². The molecule has 0 spiro atoms. The van der Waals surface area contributed by atoms with Crippen molar-refractivity contribution in [2.75, 3.05) is 33.9 Å². The lowest BCUT2D eigenvalue weighted by molar-refractivity contribution is -0.144. The van der Waals surface area contributed by atoms with Gasteiger partial charge in [-0.3, -0.25) is 9.59 Å². The highest BCUT2D eigenvalue weighted by Crippen LogP contribution is 2.26. The van der Waals surface area contributed by atoms with Gasteiger partial charge in [0.15, 0.2) is 11.9 Å². The lowest BCUT2D eigenvalue weighted by atomic mass is 10.0. The molecule has 0 saturated carbocycles. The van der Waals surface area contributed by atoms with Crippen molar-refractivity contribution in [2.24, 2.45) is 0 Å². The molecule has 2 heterocycles. The number of aliphatic hydroxyl groups excluding tert-OH is 1. The third-order valence-electron chi connectivity index (χ3n) is 6.03. The molecule has 0 bridgehead atoms. The number of methoxy groups -OCH3 is 2. The van der Waals surface area contributed by atoms with Crippen molar-refractivity contribution in [3.8, 4) is 23.1 Å². The number of aliphatic hydroxyl groups is 1. The number of amides is 2. The minimum atomic E-state index is -1.32. The number of rotatable bonds is 6. The average molecular weight is 477 g/mol. The molecule has 1 aliphatic heterocycles. The summed E-state index contributed by atoms with van der Waals surface area (Å²) in [6.07, 6.45) is -1.32. The Kier molecular flexibility index (Phi) is 7.26. The van der Waals surface area contributed by atoms with Crippen LogP contribution in [0.3, 0.4) is 0 Å². The molecule has 1 unspecified atom stereocenters. The summed E-state index contributed by atoms with van der Waals surface area (Å²) in [7, 11) is 3.02. The molecule has 1 fully saturated rings. The first kappa shape index (κ1) is 24.2. The number of carbonyl (C=O) groups excluding carboxylic acids is 2. The summed E-state index contributed by atoms with van der Waals surface area (Å²) in [4.78, 5) is 37.9. The van der Waals surface area contributed by atoms with Gasteiger partial charge in [-0.05, 0) is 24.6 Å². The molecule has 35 heavy (non-hydrogen) atoms. The smallest absolute Gasteiger partial charge is 0.256 e. The zero-order chi connectivity index (χ0) is 24.9. The predicted octanol–water partition coefficient (Wildman–Crippen LogP) is 2.57. The SMILES string of the molecule is COc1cc(OC)nc(-c2ccc(C(O)C(=O)N3CCN(C(=O)c4ccccc4)C[C@H]3C)cc2)n1. The van der Waals surface area contributed by atoms with Crippen molar-refractivity contribution in [3.63, 3.8) is 0 Å². The van der Waals surface area contributed by atoms with Gasteiger partial charge in [-0.1, -0.05) is 42.5 Å². The number of ether oxygens (including phenoxy) is 2. The molecular formula is C26H28N4O5. The van der Waals surface area contributed by atoms with Crippen molar-refractivity contribution >= 4 is 11.8 Å². The van der Waals surface area contributed by atoms with Crippen LogP contribution in [0, 0.1) is 0 Å². The molecule has 1 aromatic heterocycles. The molecule has 1 aliphatic rings. The fraction of sp³-hybridized carbons (Fsp3) is 0.308. The first-order chi connectivity index (χ1) is 16.9. The van der Waals surface area contributed by atoms with Crippen molar-refractivity contribution in [1.29, 1.82) is 0 Å². The van der Waals surface area contributed by atoms with Crippen molar-refractivity contribution < 1.29 is 24.2 Å². The van der Waals surface area contributed by atoms with Crippen LogP contribution in [0.15, 0.2) is 60.7 Å². The Morgan fingerprint density at radius 1 is 0.971 bits per heavy atom. The number of hydrogen-bond donors (Lipinski definition) is 1. The Morgan fingerprint density at radius 3 is 2.17 bits per heavy atom. The molecule has 2 amide bonds. The summed E-state index contributed by atoms with van der Waals surface area (Å²) in [5.41, 5.74) is 1.77. The Balaban J connectivity index is 1.43. The van der Waals surface area contributed by atoms with Gasteiger partial charge in [0.1, 0.15) is 0 Å². The highest BCUT2D eigenvalue weighted by Gasteiger charge is 2.33. The van der Waals surface area contributed by atoms with Crippen LogP contribution in [0.2, 0.25) is 0 Å². The second kappa shape index (κ2) is 10.5. The van der Waals surface area contributed by atoms with Crippen LogP contribution < -0.4 is 9.47 Å². The van der Waals surface area contributed by atoms with Gasteiger partial charge in [-0.15, -0.1) is 0 Å². The van der Waals surface area contributed by atoms with Gasteiger partial charge >= 0.3 is 0 Å². The molecule has 9 nitrogen and oxygen atoms in total. The molecule has 0 radical (unpaired) electrons. The maximum absolute atomic E-state index is 13.1. The molecule has 4 rings (SSSR count). The van der Waals surface area contributed by atoms with Crippen molar-refractivity contribution in [2.45, 2.75) is 19.1 Å². The maximum atomic E-state index is 13.1. The van der Waals surface area contributed by atoms with Gasteiger partial charge in [-0.25, -0.2) is 0 Å². The summed E-state index contributed by atoms with van der Waals surface area (Å²) in [6, 6.07) is 17.3. The summed E-state index contributed by atoms with van der Waals surface area (Å²) in [6.45, 7) is 3.04. The van der Waals surface area contributed by atoms with Gasteiger partial charge in [0.2, 0.25) is 11.8 Å². The highest BCUT2D eigenvalue weighted by molar-refractivity contribution is 5.94. The zero-order valence-corrected chi connectivity index (χ0v) is 19.9. The van der Waals surface area contributed by atoms with E-state index < -0.39 is 12.0 Å². The first-order valence-electron chi connectivity index (χ1n) is 11.3. The van der Waals surface area contributed by atoms with E-state index in [1.165, 1.54) is 14.2 Å².